The van der Waals surface area contributed by atoms with Crippen molar-refractivity contribution in [3.8, 4) is 0 Å². The number of carbonyl (C=O) groups is 2. The fourth-order valence-corrected chi connectivity index (χ4v) is 3.62. The van der Waals surface area contributed by atoms with Crippen LogP contribution in [-0.4, -0.2) is 31.8 Å². The molecule has 132 valence electrons. The molecule has 0 aromatic carbocycles. The SMILES string of the molecule is O=C([O-])CSC(=S)CCCCCCCCCC(=S)SCC(=O)[O-].[Na+].[Na+]. The zero-order chi connectivity index (χ0) is 17.5. The fourth-order valence-electron chi connectivity index (χ4n) is 1.85. The van der Waals surface area contributed by atoms with E-state index in [0.717, 1.165) is 66.2 Å². The molecule has 0 saturated carbocycles. The number of hydrogen-bond acceptors (Lipinski definition) is 8. The first-order valence-corrected chi connectivity index (χ1v) is 10.4. The Bertz CT molecular complexity index is 373. The third-order valence-corrected chi connectivity index (χ3v) is 5.89. The van der Waals surface area contributed by atoms with E-state index < -0.39 is 11.9 Å². The summed E-state index contributed by atoms with van der Waals surface area (Å²) in [4.78, 5) is 20.6. The van der Waals surface area contributed by atoms with Crippen LogP contribution >= 0.6 is 48.0 Å². The molecule has 0 fully saturated rings. The Kier molecular flexibility index (Phi) is 27.9. The molecule has 0 aliphatic rings. The molecule has 0 radical (unpaired) electrons. The summed E-state index contributed by atoms with van der Waals surface area (Å²) in [5, 5.41) is 20.6. The first-order chi connectivity index (χ1) is 10.9. The fraction of sp³-hybridized carbons (Fsp3) is 0.733. The van der Waals surface area contributed by atoms with Gasteiger partial charge >= 0.3 is 59.1 Å². The summed E-state index contributed by atoms with van der Waals surface area (Å²) >= 11 is 12.5. The number of rotatable bonds is 14. The zero-order valence-corrected chi connectivity index (χ0v) is 22.3. The molecule has 0 aromatic heterocycles. The molecule has 0 rings (SSSR count). The molecular weight excluding hydrogens is 418 g/mol. The topological polar surface area (TPSA) is 80.3 Å². The van der Waals surface area contributed by atoms with E-state index >= 15 is 0 Å². The van der Waals surface area contributed by atoms with Gasteiger partial charge in [-0.25, -0.2) is 0 Å². The van der Waals surface area contributed by atoms with Crippen molar-refractivity contribution < 1.29 is 78.9 Å². The van der Waals surface area contributed by atoms with Gasteiger partial charge in [0, 0.05) is 19.9 Å². The maximum atomic E-state index is 10.3. The molecule has 0 amide bonds. The van der Waals surface area contributed by atoms with E-state index in [-0.39, 0.29) is 70.6 Å². The number of carbonyl (C=O) groups excluding carboxylic acids is 2. The summed E-state index contributed by atoms with van der Waals surface area (Å²) in [6, 6.07) is 0. The van der Waals surface area contributed by atoms with Crippen LogP contribution in [0.2, 0.25) is 0 Å². The van der Waals surface area contributed by atoms with E-state index in [1.54, 1.807) is 0 Å². The molecule has 10 heteroatoms. The van der Waals surface area contributed by atoms with Crippen LogP contribution < -0.4 is 69.3 Å². The Labute approximate surface area is 214 Å². The molecule has 25 heavy (non-hydrogen) atoms. The summed E-state index contributed by atoms with van der Waals surface area (Å²) in [7, 11) is 0. The van der Waals surface area contributed by atoms with Crippen molar-refractivity contribution in [3.63, 3.8) is 0 Å². The minimum atomic E-state index is -1.07. The Morgan fingerprint density at radius 3 is 1.20 bits per heavy atom. The van der Waals surface area contributed by atoms with Gasteiger partial charge in [-0.2, -0.15) is 0 Å². The molecule has 0 atom stereocenters. The Morgan fingerprint density at radius 2 is 0.920 bits per heavy atom. The number of carboxylic acid groups (broad SMARTS) is 2. The van der Waals surface area contributed by atoms with Crippen molar-refractivity contribution in [2.45, 2.75) is 57.8 Å². The van der Waals surface area contributed by atoms with Crippen molar-refractivity contribution in [1.82, 2.24) is 0 Å². The van der Waals surface area contributed by atoms with E-state index in [2.05, 4.69) is 0 Å². The van der Waals surface area contributed by atoms with Crippen LogP contribution in [0.1, 0.15) is 57.8 Å². The van der Waals surface area contributed by atoms with Crippen LogP contribution in [0.25, 0.3) is 0 Å². The number of unbranched alkanes of at least 4 members (excludes halogenated alkanes) is 6. The quantitative estimate of drug-likeness (QED) is 0.154. The van der Waals surface area contributed by atoms with Gasteiger partial charge in [0.1, 0.15) is 0 Å². The summed E-state index contributed by atoms with van der Waals surface area (Å²) < 4.78 is 1.49. The van der Waals surface area contributed by atoms with Gasteiger partial charge in [-0.1, -0.05) is 56.5 Å². The number of carboxylic acids is 2. The summed E-state index contributed by atoms with van der Waals surface area (Å²) in [6.45, 7) is 0. The first kappa shape index (κ1) is 31.5. The predicted molar refractivity (Wildman–Crippen MR) is 102 cm³/mol. The minimum Gasteiger partial charge on any atom is -0.549 e. The Morgan fingerprint density at radius 1 is 0.640 bits per heavy atom. The van der Waals surface area contributed by atoms with Gasteiger partial charge in [-0.15, -0.1) is 23.5 Å². The van der Waals surface area contributed by atoms with E-state index in [1.807, 2.05) is 0 Å². The Hall–Kier alpha value is 1.82. The molecule has 0 aliphatic heterocycles. The normalized spacial score (nSPS) is 9.60. The van der Waals surface area contributed by atoms with Crippen LogP contribution in [-0.2, 0) is 9.59 Å². The molecule has 0 bridgehead atoms. The van der Waals surface area contributed by atoms with Gasteiger partial charge in [-0.3, -0.25) is 0 Å². The third kappa shape index (κ3) is 25.8. The summed E-state index contributed by atoms with van der Waals surface area (Å²) in [5.41, 5.74) is 0. The number of thiocarbonyl (C=S) groups is 2. The molecule has 0 saturated heterocycles. The van der Waals surface area contributed by atoms with Crippen LogP contribution in [0.5, 0.6) is 0 Å². The second kappa shape index (κ2) is 22.1. The molecule has 0 aromatic rings. The second-order valence-electron chi connectivity index (χ2n) is 5.04. The molecule has 0 unspecified atom stereocenters. The predicted octanol–water partition coefficient (Wildman–Crippen LogP) is -3.87. The van der Waals surface area contributed by atoms with Crippen molar-refractivity contribution in [3.05, 3.63) is 0 Å². The summed E-state index contributed by atoms with van der Waals surface area (Å²) in [6.07, 6.45) is 9.26. The first-order valence-electron chi connectivity index (χ1n) is 7.62. The van der Waals surface area contributed by atoms with Crippen LogP contribution in [0.15, 0.2) is 0 Å². The van der Waals surface area contributed by atoms with Crippen LogP contribution in [0.3, 0.4) is 0 Å². The molecule has 4 nitrogen and oxygen atoms in total. The number of hydrogen-bond donors (Lipinski definition) is 0. The maximum absolute atomic E-state index is 10.3. The van der Waals surface area contributed by atoms with Crippen molar-refractivity contribution in [1.29, 1.82) is 0 Å². The van der Waals surface area contributed by atoms with E-state index in [4.69, 9.17) is 24.4 Å². The van der Waals surface area contributed by atoms with Gasteiger partial charge in [0.25, 0.3) is 0 Å². The molecule has 0 heterocycles. The summed E-state index contributed by atoms with van der Waals surface area (Å²) in [5.74, 6) is -2.26. The van der Waals surface area contributed by atoms with Gasteiger partial charge in [-0.05, 0) is 25.7 Å². The third-order valence-electron chi connectivity index (χ3n) is 2.96. The number of thioether (sulfide) groups is 2. The standard InChI is InChI=1S/C15H24O4S4.2Na/c16-12(17)10-22-14(20)8-6-4-2-1-3-5-7-9-15(21)23-11-13(18)19;;/h1-11H2,(H,16,17)(H,18,19);;/q;2*+1/p-2. The smallest absolute Gasteiger partial charge is 0.549 e. The van der Waals surface area contributed by atoms with Gasteiger partial charge < -0.3 is 19.8 Å². The average Bonchev–Trinajstić information content (AvgIpc) is 2.49. The van der Waals surface area contributed by atoms with E-state index in [1.165, 1.54) is 23.5 Å². The van der Waals surface area contributed by atoms with E-state index in [0.29, 0.717) is 0 Å². The van der Waals surface area contributed by atoms with Crippen molar-refractivity contribution in [2.24, 2.45) is 0 Å². The van der Waals surface area contributed by atoms with E-state index in [9.17, 15) is 19.8 Å². The van der Waals surface area contributed by atoms with Crippen molar-refractivity contribution >= 4 is 68.3 Å². The second-order valence-corrected chi connectivity index (χ2v) is 8.68. The largest absolute Gasteiger partial charge is 1.00 e. The molecule has 0 N–H and O–H groups in total. The van der Waals surface area contributed by atoms with Gasteiger partial charge in [0.2, 0.25) is 0 Å². The maximum Gasteiger partial charge on any atom is 1.00 e. The molecule has 0 aliphatic carbocycles. The number of aliphatic carboxylic acids is 2. The van der Waals surface area contributed by atoms with Crippen LogP contribution in [0.4, 0.5) is 0 Å². The monoisotopic (exact) mass is 440 g/mol. The Balaban J connectivity index is -0.00000242. The zero-order valence-electron chi connectivity index (χ0n) is 15.0. The molecular formula is C15H22Na2O4S4. The molecule has 0 spiro atoms. The van der Waals surface area contributed by atoms with Gasteiger partial charge in [0.15, 0.2) is 0 Å². The van der Waals surface area contributed by atoms with Gasteiger partial charge in [0.05, 0.1) is 11.9 Å². The average molecular weight is 441 g/mol. The van der Waals surface area contributed by atoms with Crippen LogP contribution in [0, 0.1) is 0 Å². The minimum absolute atomic E-state index is 0. The van der Waals surface area contributed by atoms with Crippen molar-refractivity contribution in [2.75, 3.05) is 11.5 Å².